The van der Waals surface area contributed by atoms with Crippen LogP contribution in [-0.4, -0.2) is 38.5 Å². The summed E-state index contributed by atoms with van der Waals surface area (Å²) in [5.41, 5.74) is 0. The predicted octanol–water partition coefficient (Wildman–Crippen LogP) is 1.27. The van der Waals surface area contributed by atoms with Crippen LogP contribution in [0.25, 0.3) is 0 Å². The van der Waals surface area contributed by atoms with Crippen molar-refractivity contribution >= 4 is 6.03 Å². The third-order valence-electron chi connectivity index (χ3n) is 1.33. The van der Waals surface area contributed by atoms with Gasteiger partial charge in [-0.15, -0.1) is 0 Å². The third-order valence-corrected chi connectivity index (χ3v) is 1.33. The Labute approximate surface area is 86.2 Å². The maximum absolute atomic E-state index is 11.6. The number of urea groups is 1. The van der Waals surface area contributed by atoms with Crippen molar-refractivity contribution in [3.8, 4) is 0 Å². The van der Waals surface area contributed by atoms with Crippen molar-refractivity contribution in [2.75, 3.05) is 26.3 Å². The monoisotopic (exact) mass is 228 g/mol. The van der Waals surface area contributed by atoms with Crippen LogP contribution in [0, 0.1) is 0 Å². The van der Waals surface area contributed by atoms with Gasteiger partial charge in [0.1, 0.15) is 6.61 Å². The number of alkyl halides is 3. The number of carbonyl (C=O) groups is 1. The van der Waals surface area contributed by atoms with E-state index in [0.29, 0.717) is 6.54 Å². The molecule has 15 heavy (non-hydrogen) atoms. The fourth-order valence-corrected chi connectivity index (χ4v) is 0.726. The van der Waals surface area contributed by atoms with E-state index in [-0.39, 0.29) is 13.2 Å². The van der Waals surface area contributed by atoms with Crippen LogP contribution in [0.3, 0.4) is 0 Å². The van der Waals surface area contributed by atoms with Gasteiger partial charge in [-0.25, -0.2) is 4.79 Å². The van der Waals surface area contributed by atoms with Crippen molar-refractivity contribution in [2.24, 2.45) is 0 Å². The summed E-state index contributed by atoms with van der Waals surface area (Å²) in [4.78, 5) is 10.9. The molecule has 0 aromatic heterocycles. The second-order valence-corrected chi connectivity index (χ2v) is 2.85. The Morgan fingerprint density at radius 1 is 1.27 bits per heavy atom. The highest BCUT2D eigenvalue weighted by atomic mass is 19.4. The fourth-order valence-electron chi connectivity index (χ4n) is 0.726. The summed E-state index contributed by atoms with van der Waals surface area (Å²) in [5.74, 6) is 0. The Morgan fingerprint density at radius 3 is 2.40 bits per heavy atom. The Balaban J connectivity index is 3.27. The van der Waals surface area contributed by atoms with Gasteiger partial charge in [0.05, 0.1) is 6.61 Å². The normalized spacial score (nSPS) is 11.2. The van der Waals surface area contributed by atoms with E-state index in [1.54, 1.807) is 0 Å². The first-order valence-electron chi connectivity index (χ1n) is 4.62. The minimum atomic E-state index is -4.32. The number of nitrogens with one attached hydrogen (secondary N) is 2. The van der Waals surface area contributed by atoms with Crippen LogP contribution in [0.4, 0.5) is 18.0 Å². The molecule has 0 heterocycles. The number of halogens is 3. The highest BCUT2D eigenvalue weighted by molar-refractivity contribution is 5.73. The summed E-state index contributed by atoms with van der Waals surface area (Å²) >= 11 is 0. The Morgan fingerprint density at radius 2 is 1.87 bits per heavy atom. The zero-order chi connectivity index (χ0) is 11.7. The first kappa shape index (κ1) is 14.0. The topological polar surface area (TPSA) is 50.4 Å². The van der Waals surface area contributed by atoms with Gasteiger partial charge < -0.3 is 15.4 Å². The fraction of sp³-hybridized carbons (Fsp3) is 0.875. The van der Waals surface area contributed by atoms with E-state index in [0.717, 1.165) is 6.42 Å². The molecule has 4 nitrogen and oxygen atoms in total. The maximum Gasteiger partial charge on any atom is 0.411 e. The first-order chi connectivity index (χ1) is 6.95. The van der Waals surface area contributed by atoms with Crippen LogP contribution in [0.2, 0.25) is 0 Å². The average Bonchev–Trinajstić information content (AvgIpc) is 2.12. The van der Waals surface area contributed by atoms with E-state index in [1.165, 1.54) is 0 Å². The van der Waals surface area contributed by atoms with E-state index in [4.69, 9.17) is 0 Å². The van der Waals surface area contributed by atoms with Gasteiger partial charge in [-0.05, 0) is 6.42 Å². The number of ether oxygens (including phenoxy) is 1. The highest BCUT2D eigenvalue weighted by Crippen LogP contribution is 2.13. The lowest BCUT2D eigenvalue weighted by Crippen LogP contribution is -2.37. The maximum atomic E-state index is 11.6. The average molecular weight is 228 g/mol. The standard InChI is InChI=1S/C8H15F3N2O2/c1-2-3-12-7(14)13-4-5-15-6-8(9,10)11/h2-6H2,1H3,(H2,12,13,14). The van der Waals surface area contributed by atoms with Crippen LogP contribution in [-0.2, 0) is 4.74 Å². The highest BCUT2D eigenvalue weighted by Gasteiger charge is 2.27. The van der Waals surface area contributed by atoms with Gasteiger partial charge in [0.25, 0.3) is 0 Å². The van der Waals surface area contributed by atoms with E-state index in [2.05, 4.69) is 15.4 Å². The van der Waals surface area contributed by atoms with Crippen LogP contribution in [0.1, 0.15) is 13.3 Å². The van der Waals surface area contributed by atoms with Crippen molar-refractivity contribution in [3.05, 3.63) is 0 Å². The molecule has 0 aliphatic carbocycles. The molecular formula is C8H15F3N2O2. The third kappa shape index (κ3) is 10.9. The van der Waals surface area contributed by atoms with Gasteiger partial charge in [-0.3, -0.25) is 0 Å². The van der Waals surface area contributed by atoms with Crippen molar-refractivity contribution in [2.45, 2.75) is 19.5 Å². The van der Waals surface area contributed by atoms with Gasteiger partial charge >= 0.3 is 12.2 Å². The van der Waals surface area contributed by atoms with E-state index in [1.807, 2.05) is 6.92 Å². The van der Waals surface area contributed by atoms with Gasteiger partial charge in [0, 0.05) is 13.1 Å². The Hall–Kier alpha value is -0.980. The van der Waals surface area contributed by atoms with Crippen molar-refractivity contribution in [1.82, 2.24) is 10.6 Å². The van der Waals surface area contributed by atoms with Crippen LogP contribution < -0.4 is 10.6 Å². The van der Waals surface area contributed by atoms with Gasteiger partial charge in [0.15, 0.2) is 0 Å². The molecular weight excluding hydrogens is 213 g/mol. The molecule has 0 aliphatic heterocycles. The second kappa shape index (κ2) is 7.33. The number of rotatable bonds is 6. The van der Waals surface area contributed by atoms with Crippen molar-refractivity contribution < 1.29 is 22.7 Å². The molecule has 0 atom stereocenters. The van der Waals surface area contributed by atoms with Crippen molar-refractivity contribution in [1.29, 1.82) is 0 Å². The van der Waals surface area contributed by atoms with E-state index in [9.17, 15) is 18.0 Å². The molecule has 0 bridgehead atoms. The minimum Gasteiger partial charge on any atom is -0.370 e. The summed E-state index contributed by atoms with van der Waals surface area (Å²) in [6, 6.07) is -0.396. The largest absolute Gasteiger partial charge is 0.411 e. The molecule has 7 heteroatoms. The predicted molar refractivity (Wildman–Crippen MR) is 48.6 cm³/mol. The SMILES string of the molecule is CCCNC(=O)NCCOCC(F)(F)F. The molecule has 0 radical (unpaired) electrons. The molecule has 0 unspecified atom stereocenters. The molecule has 0 aromatic rings. The van der Waals surface area contributed by atoms with Crippen LogP contribution in [0.15, 0.2) is 0 Å². The summed E-state index contributed by atoms with van der Waals surface area (Å²) in [6.45, 7) is 1.05. The minimum absolute atomic E-state index is 0.0611. The van der Waals surface area contributed by atoms with Crippen LogP contribution in [0.5, 0.6) is 0 Å². The molecule has 0 fully saturated rings. The Bertz CT molecular complexity index is 185. The molecule has 0 saturated heterocycles. The first-order valence-corrected chi connectivity index (χ1v) is 4.62. The number of hydrogen-bond donors (Lipinski definition) is 2. The number of carbonyl (C=O) groups excluding carboxylic acids is 1. The Kier molecular flexibility index (Phi) is 6.85. The summed E-state index contributed by atoms with van der Waals surface area (Å²) in [5, 5.41) is 4.87. The van der Waals surface area contributed by atoms with Gasteiger partial charge in [-0.1, -0.05) is 6.92 Å². The smallest absolute Gasteiger partial charge is 0.370 e. The zero-order valence-corrected chi connectivity index (χ0v) is 8.49. The van der Waals surface area contributed by atoms with Crippen LogP contribution >= 0.6 is 0 Å². The lowest BCUT2D eigenvalue weighted by molar-refractivity contribution is -0.173. The molecule has 2 N–H and O–H groups in total. The molecule has 0 rings (SSSR count). The lowest BCUT2D eigenvalue weighted by atomic mass is 10.5. The van der Waals surface area contributed by atoms with Gasteiger partial charge in [-0.2, -0.15) is 13.2 Å². The second-order valence-electron chi connectivity index (χ2n) is 2.85. The lowest BCUT2D eigenvalue weighted by Gasteiger charge is -2.08. The molecule has 2 amide bonds. The van der Waals surface area contributed by atoms with E-state index < -0.39 is 18.8 Å². The van der Waals surface area contributed by atoms with E-state index >= 15 is 0 Å². The van der Waals surface area contributed by atoms with Crippen molar-refractivity contribution in [3.63, 3.8) is 0 Å². The molecule has 0 aromatic carbocycles. The number of amides is 2. The summed E-state index contributed by atoms with van der Waals surface area (Å²) in [7, 11) is 0. The summed E-state index contributed by atoms with van der Waals surface area (Å²) < 4.78 is 39.0. The molecule has 90 valence electrons. The molecule has 0 spiro atoms. The molecule has 0 saturated carbocycles. The molecule has 0 aliphatic rings. The summed E-state index contributed by atoms with van der Waals surface area (Å²) in [6.07, 6.45) is -3.51. The zero-order valence-electron chi connectivity index (χ0n) is 8.49. The van der Waals surface area contributed by atoms with Gasteiger partial charge in [0.2, 0.25) is 0 Å². The quantitative estimate of drug-likeness (QED) is 0.673. The number of hydrogen-bond acceptors (Lipinski definition) is 2.